The van der Waals surface area contributed by atoms with Crippen LogP contribution in [0.4, 0.5) is 18.0 Å². The van der Waals surface area contributed by atoms with E-state index < -0.39 is 23.3 Å². The molecule has 1 aliphatic heterocycles. The van der Waals surface area contributed by atoms with Gasteiger partial charge >= 0.3 is 12.2 Å². The summed E-state index contributed by atoms with van der Waals surface area (Å²) in [5, 5.41) is 10.5. The second-order valence-corrected chi connectivity index (χ2v) is 8.02. The van der Waals surface area contributed by atoms with Crippen LogP contribution in [-0.4, -0.2) is 37.0 Å². The summed E-state index contributed by atoms with van der Waals surface area (Å²) >= 11 is 0. The molecule has 1 N–H and O–H groups in total. The van der Waals surface area contributed by atoms with Gasteiger partial charge in [-0.25, -0.2) is 4.79 Å². The number of hydrogen-bond donors (Lipinski definition) is 1. The zero-order valence-electron chi connectivity index (χ0n) is 14.9. The zero-order valence-corrected chi connectivity index (χ0v) is 14.9. The minimum atomic E-state index is -4.51. The molecule has 2 aromatic rings. The molecule has 2 aromatic heterocycles. The first-order chi connectivity index (χ1) is 13.3. The molecule has 0 aromatic carbocycles. The van der Waals surface area contributed by atoms with Gasteiger partial charge < -0.3 is 5.32 Å². The van der Waals surface area contributed by atoms with Gasteiger partial charge in [-0.3, -0.25) is 14.1 Å². The normalized spacial score (nSPS) is 28.0. The van der Waals surface area contributed by atoms with Crippen molar-refractivity contribution in [1.29, 1.82) is 0 Å². The number of alkyl halides is 3. The van der Waals surface area contributed by atoms with Crippen LogP contribution >= 0.6 is 0 Å². The van der Waals surface area contributed by atoms with Crippen LogP contribution in [0.25, 0.3) is 5.65 Å². The summed E-state index contributed by atoms with van der Waals surface area (Å²) < 4.78 is 40.1. The molecule has 0 radical (unpaired) electrons. The minimum absolute atomic E-state index is 0.108. The second kappa shape index (κ2) is 5.68. The molecule has 3 amide bonds. The van der Waals surface area contributed by atoms with Crippen LogP contribution in [0.2, 0.25) is 0 Å². The maximum absolute atomic E-state index is 13.0. The van der Waals surface area contributed by atoms with E-state index in [4.69, 9.17) is 0 Å². The second-order valence-electron chi connectivity index (χ2n) is 8.02. The van der Waals surface area contributed by atoms with Crippen LogP contribution in [0.3, 0.4) is 0 Å². The number of carbonyl (C=O) groups is 2. The molecule has 3 aliphatic rings. The lowest BCUT2D eigenvalue weighted by atomic mass is 9.58. The van der Waals surface area contributed by atoms with Crippen LogP contribution in [0, 0.1) is 11.8 Å². The Morgan fingerprint density at radius 2 is 1.89 bits per heavy atom. The summed E-state index contributed by atoms with van der Waals surface area (Å²) in [6, 6.07) is 1.61. The van der Waals surface area contributed by atoms with Gasteiger partial charge in [-0.05, 0) is 36.8 Å². The molecular weight excluding hydrogens is 375 g/mol. The van der Waals surface area contributed by atoms with Gasteiger partial charge in [-0.2, -0.15) is 13.2 Å². The number of fused-ring (bicyclic) bond motifs is 1. The molecule has 2 saturated carbocycles. The summed E-state index contributed by atoms with van der Waals surface area (Å²) in [6.45, 7) is -0.219. The maximum Gasteiger partial charge on any atom is 0.417 e. The van der Waals surface area contributed by atoms with Crippen molar-refractivity contribution in [2.24, 2.45) is 11.8 Å². The highest BCUT2D eigenvalue weighted by molar-refractivity contribution is 6.07. The van der Waals surface area contributed by atoms with Gasteiger partial charge in [0.15, 0.2) is 11.5 Å². The number of nitrogens with zero attached hydrogens (tertiary/aromatic N) is 4. The van der Waals surface area contributed by atoms with E-state index in [0.29, 0.717) is 24.7 Å². The third-order valence-corrected chi connectivity index (χ3v) is 6.38. The topological polar surface area (TPSA) is 79.6 Å². The van der Waals surface area contributed by atoms with Gasteiger partial charge in [0.05, 0.1) is 12.1 Å². The largest absolute Gasteiger partial charge is 0.417 e. The monoisotopic (exact) mass is 393 g/mol. The van der Waals surface area contributed by atoms with Crippen molar-refractivity contribution in [1.82, 2.24) is 24.8 Å². The average molecular weight is 393 g/mol. The number of halogens is 3. The van der Waals surface area contributed by atoms with Gasteiger partial charge in [-0.1, -0.05) is 19.3 Å². The Morgan fingerprint density at radius 3 is 2.54 bits per heavy atom. The Kier molecular flexibility index (Phi) is 3.54. The number of pyridine rings is 1. The minimum Gasteiger partial charge on any atom is -0.323 e. The lowest BCUT2D eigenvalue weighted by Crippen LogP contribution is -2.59. The van der Waals surface area contributed by atoms with Crippen LogP contribution in [0.5, 0.6) is 0 Å². The zero-order chi connectivity index (χ0) is 19.7. The van der Waals surface area contributed by atoms with E-state index in [1.165, 1.54) is 29.7 Å². The van der Waals surface area contributed by atoms with Crippen molar-refractivity contribution in [3.8, 4) is 0 Å². The number of urea groups is 1. The van der Waals surface area contributed by atoms with Crippen LogP contribution < -0.4 is 5.32 Å². The van der Waals surface area contributed by atoms with Crippen molar-refractivity contribution >= 4 is 17.6 Å². The van der Waals surface area contributed by atoms with E-state index in [1.54, 1.807) is 0 Å². The van der Waals surface area contributed by atoms with Crippen LogP contribution in [0.15, 0.2) is 18.3 Å². The summed E-state index contributed by atoms with van der Waals surface area (Å²) in [6.07, 6.45) is 1.23. The molecule has 2 aliphatic carbocycles. The number of amides is 3. The summed E-state index contributed by atoms with van der Waals surface area (Å²) in [7, 11) is 0. The Labute approximate surface area is 157 Å². The smallest absolute Gasteiger partial charge is 0.323 e. The van der Waals surface area contributed by atoms with E-state index in [-0.39, 0.29) is 23.9 Å². The quantitative estimate of drug-likeness (QED) is 0.814. The van der Waals surface area contributed by atoms with Gasteiger partial charge in [0.2, 0.25) is 0 Å². The van der Waals surface area contributed by atoms with Crippen LogP contribution in [-0.2, 0) is 17.5 Å². The number of aromatic nitrogens is 3. The highest BCUT2D eigenvalue weighted by atomic mass is 19.4. The fourth-order valence-corrected chi connectivity index (χ4v) is 4.53. The number of hydrogen-bond acceptors (Lipinski definition) is 4. The highest BCUT2D eigenvalue weighted by Crippen LogP contribution is 2.51. The van der Waals surface area contributed by atoms with E-state index in [1.807, 2.05) is 0 Å². The van der Waals surface area contributed by atoms with E-state index in [0.717, 1.165) is 17.2 Å². The van der Waals surface area contributed by atoms with E-state index in [9.17, 15) is 22.8 Å². The van der Waals surface area contributed by atoms with Gasteiger partial charge in [0, 0.05) is 6.20 Å². The summed E-state index contributed by atoms with van der Waals surface area (Å²) in [4.78, 5) is 26.3. The molecule has 28 heavy (non-hydrogen) atoms. The summed E-state index contributed by atoms with van der Waals surface area (Å²) in [5.41, 5.74) is -1.48. The number of nitrogens with one attached hydrogen (secondary N) is 1. The third kappa shape index (κ3) is 2.50. The first-order valence-corrected chi connectivity index (χ1v) is 9.32. The predicted octanol–water partition coefficient (Wildman–Crippen LogP) is 2.75. The Balaban J connectivity index is 1.37. The first kappa shape index (κ1) is 17.4. The van der Waals surface area contributed by atoms with E-state index >= 15 is 0 Å². The molecule has 0 bridgehead atoms. The third-order valence-electron chi connectivity index (χ3n) is 6.38. The molecule has 3 fully saturated rings. The molecule has 1 spiro atoms. The van der Waals surface area contributed by atoms with Crippen molar-refractivity contribution in [2.45, 2.75) is 50.4 Å². The van der Waals surface area contributed by atoms with Gasteiger partial charge in [-0.15, -0.1) is 10.2 Å². The van der Waals surface area contributed by atoms with Crippen molar-refractivity contribution in [2.75, 3.05) is 0 Å². The molecule has 0 atom stereocenters. The number of carbonyl (C=O) groups excluding carboxylic acids is 2. The summed E-state index contributed by atoms with van der Waals surface area (Å²) in [5.74, 6) is 0.889. The fourth-order valence-electron chi connectivity index (χ4n) is 4.53. The van der Waals surface area contributed by atoms with Gasteiger partial charge in [0.1, 0.15) is 5.54 Å². The van der Waals surface area contributed by atoms with Crippen molar-refractivity contribution in [3.63, 3.8) is 0 Å². The highest BCUT2D eigenvalue weighted by Gasteiger charge is 2.60. The standard InChI is InChI=1S/C18H18F3N5O2/c19-18(20,21)12-4-5-13-23-24-14(25(13)8-12)9-26-15(27)17(22-16(26)28)6-11(7-17)10-2-1-3-10/h4-5,8,10-11H,1-3,6-7,9H2,(H,22,28). The Bertz CT molecular complexity index is 975. The first-order valence-electron chi connectivity index (χ1n) is 9.32. The molecule has 10 heteroatoms. The molecule has 3 heterocycles. The average Bonchev–Trinajstić information content (AvgIpc) is 3.06. The molecule has 0 unspecified atom stereocenters. The molecule has 5 rings (SSSR count). The molecule has 1 saturated heterocycles. The lowest BCUT2D eigenvalue weighted by Gasteiger charge is -2.49. The fraction of sp³-hybridized carbons (Fsp3) is 0.556. The number of imide groups is 1. The molecule has 7 nitrogen and oxygen atoms in total. The molecular formula is C18H18F3N5O2. The lowest BCUT2D eigenvalue weighted by molar-refractivity contribution is -0.139. The Morgan fingerprint density at radius 1 is 1.14 bits per heavy atom. The van der Waals surface area contributed by atoms with Gasteiger partial charge in [0.25, 0.3) is 5.91 Å². The molecule has 148 valence electrons. The Hall–Kier alpha value is -2.65. The SMILES string of the molecule is O=C1NC2(CC(C3CCC3)C2)C(=O)N1Cc1nnc2ccc(C(F)(F)F)cn12. The van der Waals surface area contributed by atoms with Crippen molar-refractivity contribution in [3.05, 3.63) is 29.7 Å². The van der Waals surface area contributed by atoms with E-state index in [2.05, 4.69) is 15.5 Å². The number of rotatable bonds is 3. The van der Waals surface area contributed by atoms with Crippen molar-refractivity contribution < 1.29 is 22.8 Å². The maximum atomic E-state index is 13.0. The predicted molar refractivity (Wildman–Crippen MR) is 89.9 cm³/mol. The van der Waals surface area contributed by atoms with Crippen LogP contribution in [0.1, 0.15) is 43.5 Å².